The van der Waals surface area contributed by atoms with Crippen LogP contribution in [0, 0.1) is 17.8 Å². The van der Waals surface area contributed by atoms with E-state index in [9.17, 15) is 4.79 Å². The Balaban J connectivity index is 1.92. The van der Waals surface area contributed by atoms with E-state index in [1.807, 2.05) is 0 Å². The van der Waals surface area contributed by atoms with Gasteiger partial charge in [0.1, 0.15) is 11.7 Å². The summed E-state index contributed by atoms with van der Waals surface area (Å²) < 4.78 is 11.1. The minimum Gasteiger partial charge on any atom is -0.459 e. The Morgan fingerprint density at radius 1 is 1.42 bits per heavy atom. The van der Waals surface area contributed by atoms with Crippen LogP contribution < -0.4 is 0 Å². The topological polar surface area (TPSA) is 35.5 Å². The van der Waals surface area contributed by atoms with Crippen molar-refractivity contribution in [1.82, 2.24) is 0 Å². The van der Waals surface area contributed by atoms with E-state index in [-0.39, 0.29) is 17.6 Å². The molecule has 0 N–H and O–H groups in total. The van der Waals surface area contributed by atoms with Crippen LogP contribution >= 0.6 is 23.4 Å². The van der Waals surface area contributed by atoms with E-state index >= 15 is 0 Å². The van der Waals surface area contributed by atoms with Gasteiger partial charge < -0.3 is 9.47 Å². The van der Waals surface area contributed by atoms with Crippen molar-refractivity contribution in [2.45, 2.75) is 57.1 Å². The predicted molar refractivity (Wildman–Crippen MR) is 78.2 cm³/mol. The maximum Gasteiger partial charge on any atom is 0.346 e. The highest BCUT2D eigenvalue weighted by Gasteiger charge is 2.37. The van der Waals surface area contributed by atoms with Gasteiger partial charge in [0.15, 0.2) is 0 Å². The van der Waals surface area contributed by atoms with Crippen LogP contribution in [-0.4, -0.2) is 28.8 Å². The van der Waals surface area contributed by atoms with Crippen molar-refractivity contribution >= 4 is 29.3 Å². The number of carbonyl (C=O) groups is 1. The fourth-order valence-electron chi connectivity index (χ4n) is 2.95. The number of hydrogen-bond donors (Lipinski definition) is 0. The van der Waals surface area contributed by atoms with Gasteiger partial charge >= 0.3 is 5.97 Å². The molecule has 0 radical (unpaired) electrons. The summed E-state index contributed by atoms with van der Waals surface area (Å²) in [6, 6.07) is 0. The van der Waals surface area contributed by atoms with Crippen molar-refractivity contribution in [3.63, 3.8) is 0 Å². The highest BCUT2D eigenvalue weighted by atomic mass is 35.5. The van der Waals surface area contributed by atoms with Gasteiger partial charge in [-0.05, 0) is 30.6 Å². The average molecular weight is 307 g/mol. The Labute approximate surface area is 124 Å². The predicted octanol–water partition coefficient (Wildman–Crippen LogP) is 3.64. The summed E-state index contributed by atoms with van der Waals surface area (Å²) in [7, 11) is 0. The summed E-state index contributed by atoms with van der Waals surface area (Å²) in [5.41, 5.74) is -0.902. The number of thioether (sulfide) groups is 1. The third kappa shape index (κ3) is 4.02. The largest absolute Gasteiger partial charge is 0.459 e. The van der Waals surface area contributed by atoms with Gasteiger partial charge in [-0.15, -0.1) is 11.8 Å². The Kier molecular flexibility index (Phi) is 5.44. The molecular formula is C14H23ClO3S. The van der Waals surface area contributed by atoms with Crippen LogP contribution in [0.2, 0.25) is 0 Å². The summed E-state index contributed by atoms with van der Waals surface area (Å²) in [6.45, 7) is 6.64. The minimum atomic E-state index is -0.535. The second-order valence-corrected chi connectivity index (χ2v) is 7.59. The molecule has 5 atom stereocenters. The second kappa shape index (κ2) is 6.68. The number of halogens is 1. The lowest BCUT2D eigenvalue weighted by Gasteiger charge is -2.37. The smallest absolute Gasteiger partial charge is 0.346 e. The van der Waals surface area contributed by atoms with Gasteiger partial charge in [-0.1, -0.05) is 38.8 Å². The molecular weight excluding hydrogens is 284 g/mol. The Morgan fingerprint density at radius 2 is 2.16 bits per heavy atom. The van der Waals surface area contributed by atoms with Crippen molar-refractivity contribution in [3.05, 3.63) is 0 Å². The van der Waals surface area contributed by atoms with Crippen LogP contribution in [0.25, 0.3) is 0 Å². The molecule has 2 aliphatic rings. The molecule has 0 aromatic rings. The van der Waals surface area contributed by atoms with E-state index in [1.165, 1.54) is 18.2 Å². The molecule has 0 bridgehead atoms. The van der Waals surface area contributed by atoms with Crippen LogP contribution in [0.5, 0.6) is 0 Å². The van der Waals surface area contributed by atoms with E-state index in [0.717, 1.165) is 12.8 Å². The van der Waals surface area contributed by atoms with Crippen LogP contribution in [0.1, 0.15) is 40.0 Å². The number of ether oxygens (including phenoxy) is 2. The first-order valence-corrected chi connectivity index (χ1v) is 8.57. The van der Waals surface area contributed by atoms with E-state index < -0.39 is 5.44 Å². The number of esters is 1. The third-order valence-electron chi connectivity index (χ3n) is 4.07. The Bertz CT molecular complexity index is 324. The van der Waals surface area contributed by atoms with Gasteiger partial charge in [0.05, 0.1) is 0 Å². The van der Waals surface area contributed by atoms with E-state index in [2.05, 4.69) is 20.8 Å². The third-order valence-corrected chi connectivity index (χ3v) is 5.61. The number of carbonyl (C=O) groups excluding carboxylic acids is 1. The Morgan fingerprint density at radius 3 is 2.74 bits per heavy atom. The monoisotopic (exact) mass is 306 g/mol. The molecule has 0 spiro atoms. The van der Waals surface area contributed by atoms with E-state index in [1.54, 1.807) is 0 Å². The standard InChI is InChI=1S/C14H23ClO3S/c1-8(2)10-5-4-9(3)6-11(10)17-13(16)14-18-12(15)7-19-14/h8-12,14H,4-7H2,1-3H3/t9?,10?,11-,12+,14+/m1/s1. The molecule has 1 saturated carbocycles. The van der Waals surface area contributed by atoms with E-state index in [4.69, 9.17) is 21.1 Å². The van der Waals surface area contributed by atoms with Crippen LogP contribution in [0.4, 0.5) is 0 Å². The fourth-order valence-corrected chi connectivity index (χ4v) is 4.15. The quantitative estimate of drug-likeness (QED) is 0.589. The van der Waals surface area contributed by atoms with Crippen molar-refractivity contribution in [2.75, 3.05) is 5.75 Å². The average Bonchev–Trinajstić information content (AvgIpc) is 2.75. The highest BCUT2D eigenvalue weighted by molar-refractivity contribution is 8.00. The minimum absolute atomic E-state index is 0.0369. The molecule has 2 fully saturated rings. The molecule has 2 unspecified atom stereocenters. The van der Waals surface area contributed by atoms with Gasteiger partial charge in [0.2, 0.25) is 5.44 Å². The first-order chi connectivity index (χ1) is 8.97. The zero-order valence-corrected chi connectivity index (χ0v) is 13.4. The van der Waals surface area contributed by atoms with Crippen molar-refractivity contribution in [1.29, 1.82) is 0 Å². The summed E-state index contributed by atoms with van der Waals surface area (Å²) >= 11 is 7.27. The first-order valence-electron chi connectivity index (χ1n) is 7.09. The second-order valence-electron chi connectivity index (χ2n) is 6.01. The maximum atomic E-state index is 12.1. The maximum absolute atomic E-state index is 12.1. The van der Waals surface area contributed by atoms with Crippen molar-refractivity contribution in [3.8, 4) is 0 Å². The number of hydrogen-bond acceptors (Lipinski definition) is 4. The molecule has 1 heterocycles. The number of rotatable bonds is 3. The molecule has 2 rings (SSSR count). The molecule has 1 saturated heterocycles. The molecule has 110 valence electrons. The van der Waals surface area contributed by atoms with Gasteiger partial charge in [-0.25, -0.2) is 4.79 Å². The number of alkyl halides is 1. The fraction of sp³-hybridized carbons (Fsp3) is 0.929. The van der Waals surface area contributed by atoms with Gasteiger partial charge in [0, 0.05) is 5.75 Å². The zero-order chi connectivity index (χ0) is 14.0. The SMILES string of the molecule is CC1CCC(C(C)C)[C@H](OC(=O)[C@H]2O[C@H](Cl)CS2)C1. The molecule has 1 aliphatic heterocycles. The van der Waals surface area contributed by atoms with Crippen molar-refractivity contribution < 1.29 is 14.3 Å². The van der Waals surface area contributed by atoms with Gasteiger partial charge in [-0.2, -0.15) is 0 Å². The van der Waals surface area contributed by atoms with Gasteiger partial charge in [0.25, 0.3) is 0 Å². The molecule has 0 aromatic heterocycles. The highest BCUT2D eigenvalue weighted by Crippen LogP contribution is 2.36. The summed E-state index contributed by atoms with van der Waals surface area (Å²) in [4.78, 5) is 12.1. The first kappa shape index (κ1) is 15.5. The Hall–Kier alpha value is 0.0700. The molecule has 19 heavy (non-hydrogen) atoms. The summed E-state index contributed by atoms with van der Waals surface area (Å²) in [5, 5.41) is 0. The molecule has 1 aliphatic carbocycles. The van der Waals surface area contributed by atoms with Gasteiger partial charge in [-0.3, -0.25) is 0 Å². The lowest BCUT2D eigenvalue weighted by molar-refractivity contribution is -0.163. The lowest BCUT2D eigenvalue weighted by Crippen LogP contribution is -2.38. The lowest BCUT2D eigenvalue weighted by atomic mass is 9.75. The zero-order valence-electron chi connectivity index (χ0n) is 11.8. The van der Waals surface area contributed by atoms with Crippen LogP contribution in [0.3, 0.4) is 0 Å². The van der Waals surface area contributed by atoms with Crippen LogP contribution in [-0.2, 0) is 14.3 Å². The van der Waals surface area contributed by atoms with Crippen molar-refractivity contribution in [2.24, 2.45) is 17.8 Å². The molecule has 3 nitrogen and oxygen atoms in total. The van der Waals surface area contributed by atoms with E-state index in [0.29, 0.717) is 23.5 Å². The normalized spacial score (nSPS) is 39.5. The molecule has 5 heteroatoms. The summed E-state index contributed by atoms with van der Waals surface area (Å²) in [6.07, 6.45) is 3.38. The molecule has 0 amide bonds. The summed E-state index contributed by atoms with van der Waals surface area (Å²) in [5.74, 6) is 2.04. The van der Waals surface area contributed by atoms with Crippen LogP contribution in [0.15, 0.2) is 0 Å². The molecule has 0 aromatic carbocycles.